The van der Waals surface area contributed by atoms with Gasteiger partial charge >= 0.3 is 0 Å². The van der Waals surface area contributed by atoms with Gasteiger partial charge in [-0.1, -0.05) is 42.5 Å². The molecule has 27 heavy (non-hydrogen) atoms. The lowest BCUT2D eigenvalue weighted by molar-refractivity contribution is -0.131. The Balaban J connectivity index is 1.42. The van der Waals surface area contributed by atoms with Gasteiger partial charge in [0, 0.05) is 32.2 Å². The third-order valence-electron chi connectivity index (χ3n) is 6.45. The van der Waals surface area contributed by atoms with Gasteiger partial charge in [-0.15, -0.1) is 0 Å². The van der Waals surface area contributed by atoms with Gasteiger partial charge in [0.1, 0.15) is 5.75 Å². The van der Waals surface area contributed by atoms with E-state index in [0.717, 1.165) is 50.2 Å². The second kappa shape index (κ2) is 7.35. The third-order valence-corrected chi connectivity index (χ3v) is 6.45. The number of piperidine rings is 1. The molecule has 0 unspecified atom stereocenters. The Labute approximate surface area is 161 Å². The summed E-state index contributed by atoms with van der Waals surface area (Å²) in [5, 5.41) is 0. The minimum absolute atomic E-state index is 0.0149. The highest BCUT2D eigenvalue weighted by atomic mass is 16.5. The highest BCUT2D eigenvalue weighted by molar-refractivity contribution is 5.87. The number of ether oxygens (including phenoxy) is 1. The van der Waals surface area contributed by atoms with Crippen LogP contribution >= 0.6 is 0 Å². The minimum atomic E-state index is 0.0149. The molecule has 0 aromatic heterocycles. The van der Waals surface area contributed by atoms with Crippen molar-refractivity contribution < 1.29 is 9.53 Å². The van der Waals surface area contributed by atoms with E-state index in [2.05, 4.69) is 29.2 Å². The topological polar surface area (TPSA) is 32.8 Å². The van der Waals surface area contributed by atoms with Crippen molar-refractivity contribution in [3.05, 3.63) is 65.7 Å². The van der Waals surface area contributed by atoms with Crippen molar-refractivity contribution in [3.63, 3.8) is 0 Å². The number of nitrogens with zero attached hydrogens (tertiary/aromatic N) is 2. The summed E-state index contributed by atoms with van der Waals surface area (Å²) < 4.78 is 5.34. The zero-order chi connectivity index (χ0) is 18.9. The molecule has 1 amide bonds. The summed E-state index contributed by atoms with van der Waals surface area (Å²) in [4.78, 5) is 17.5. The van der Waals surface area contributed by atoms with Crippen molar-refractivity contribution in [1.82, 2.24) is 9.80 Å². The lowest BCUT2D eigenvalue weighted by Crippen LogP contribution is -2.51. The molecule has 1 spiro atoms. The zero-order valence-corrected chi connectivity index (χ0v) is 16.2. The van der Waals surface area contributed by atoms with Crippen molar-refractivity contribution in [2.45, 2.75) is 37.3 Å². The van der Waals surface area contributed by atoms with Crippen molar-refractivity contribution in [1.29, 1.82) is 0 Å². The predicted octanol–water partition coefficient (Wildman–Crippen LogP) is 3.68. The minimum Gasteiger partial charge on any atom is -0.497 e. The monoisotopic (exact) mass is 364 g/mol. The Bertz CT molecular complexity index is 797. The van der Waals surface area contributed by atoms with Gasteiger partial charge in [-0.25, -0.2) is 0 Å². The van der Waals surface area contributed by atoms with E-state index < -0.39 is 0 Å². The van der Waals surface area contributed by atoms with E-state index in [9.17, 15) is 4.79 Å². The molecule has 4 nitrogen and oxygen atoms in total. The van der Waals surface area contributed by atoms with Crippen LogP contribution in [0, 0.1) is 0 Å². The number of likely N-dealkylation sites (tertiary alicyclic amines) is 2. The maximum Gasteiger partial charge on any atom is 0.230 e. The van der Waals surface area contributed by atoms with E-state index in [1.54, 1.807) is 7.11 Å². The summed E-state index contributed by atoms with van der Waals surface area (Å²) in [6.07, 6.45) is 3.03. The average molecular weight is 364 g/mol. The molecule has 2 fully saturated rings. The standard InChI is InChI=1S/C23H28N2O2/c1-24-22(26)21(19-8-4-3-5-9-19)16-23(24)11-13-25(14-12-23)17-18-7-6-10-20(15-18)27-2/h3-10,15,21H,11-14,16-17H2,1-2H3/t21-/m0/s1. The quantitative estimate of drug-likeness (QED) is 0.830. The summed E-state index contributed by atoms with van der Waals surface area (Å²) in [6, 6.07) is 18.6. The fourth-order valence-electron chi connectivity index (χ4n) is 4.71. The molecule has 2 aliphatic rings. The second-order valence-corrected chi connectivity index (χ2v) is 7.92. The number of rotatable bonds is 4. The van der Waals surface area contributed by atoms with Crippen LogP contribution in [0.25, 0.3) is 0 Å². The summed E-state index contributed by atoms with van der Waals surface area (Å²) in [6.45, 7) is 2.99. The number of carbonyl (C=O) groups excluding carboxylic acids is 1. The molecule has 4 rings (SSSR count). The van der Waals surface area contributed by atoms with Crippen molar-refractivity contribution in [3.8, 4) is 5.75 Å². The number of hydrogen-bond acceptors (Lipinski definition) is 3. The largest absolute Gasteiger partial charge is 0.497 e. The van der Waals surface area contributed by atoms with E-state index in [0.29, 0.717) is 0 Å². The molecule has 2 aromatic rings. The van der Waals surface area contributed by atoms with Gasteiger partial charge < -0.3 is 9.64 Å². The van der Waals surface area contributed by atoms with Crippen molar-refractivity contribution in [2.75, 3.05) is 27.2 Å². The van der Waals surface area contributed by atoms with Crippen molar-refractivity contribution in [2.24, 2.45) is 0 Å². The number of carbonyl (C=O) groups is 1. The molecule has 0 N–H and O–H groups in total. The van der Waals surface area contributed by atoms with Gasteiger partial charge in [0.25, 0.3) is 0 Å². The normalized spacial score (nSPS) is 22.4. The van der Waals surface area contributed by atoms with E-state index >= 15 is 0 Å². The first-order chi connectivity index (χ1) is 13.1. The lowest BCUT2D eigenvalue weighted by Gasteiger charge is -2.43. The third kappa shape index (κ3) is 3.46. The molecule has 4 heteroatoms. The van der Waals surface area contributed by atoms with Crippen molar-refractivity contribution >= 4 is 5.91 Å². The van der Waals surface area contributed by atoms with Crippen LogP contribution in [-0.2, 0) is 11.3 Å². The second-order valence-electron chi connectivity index (χ2n) is 7.92. The van der Waals surface area contributed by atoms with Gasteiger partial charge in [-0.2, -0.15) is 0 Å². The molecule has 0 radical (unpaired) electrons. The first-order valence-electron chi connectivity index (χ1n) is 9.79. The van der Waals surface area contributed by atoms with E-state index in [1.807, 2.05) is 42.3 Å². The highest BCUT2D eigenvalue weighted by Gasteiger charge is 2.50. The van der Waals surface area contributed by atoms with Gasteiger partial charge in [-0.05, 0) is 42.5 Å². The fourth-order valence-corrected chi connectivity index (χ4v) is 4.71. The SMILES string of the molecule is COc1cccc(CN2CCC3(CC2)C[C@@H](c2ccccc2)C(=O)N3C)c1. The number of benzene rings is 2. The maximum absolute atomic E-state index is 12.9. The number of amides is 1. The van der Waals surface area contributed by atoms with Crippen LogP contribution in [0.3, 0.4) is 0 Å². The molecule has 2 saturated heterocycles. The zero-order valence-electron chi connectivity index (χ0n) is 16.2. The molecule has 2 aliphatic heterocycles. The van der Waals surface area contributed by atoms with Gasteiger partial charge in [0.05, 0.1) is 13.0 Å². The van der Waals surface area contributed by atoms with Crippen LogP contribution in [-0.4, -0.2) is 48.5 Å². The van der Waals surface area contributed by atoms with Crippen LogP contribution in [0.2, 0.25) is 0 Å². The summed E-state index contributed by atoms with van der Waals surface area (Å²) in [5.74, 6) is 1.20. The summed E-state index contributed by atoms with van der Waals surface area (Å²) in [7, 11) is 3.71. The van der Waals surface area contributed by atoms with E-state index in [4.69, 9.17) is 4.74 Å². The van der Waals surface area contributed by atoms with Crippen LogP contribution < -0.4 is 4.74 Å². The fraction of sp³-hybridized carbons (Fsp3) is 0.435. The predicted molar refractivity (Wildman–Crippen MR) is 107 cm³/mol. The Morgan fingerprint density at radius 1 is 1.07 bits per heavy atom. The van der Waals surface area contributed by atoms with Gasteiger partial charge in [0.2, 0.25) is 5.91 Å². The molecule has 0 aliphatic carbocycles. The summed E-state index contributed by atoms with van der Waals surface area (Å²) >= 11 is 0. The number of hydrogen-bond donors (Lipinski definition) is 0. The number of likely N-dealkylation sites (N-methyl/N-ethyl adjacent to an activating group) is 1. The van der Waals surface area contributed by atoms with Crippen LogP contribution in [0.1, 0.15) is 36.3 Å². The molecular weight excluding hydrogens is 336 g/mol. The van der Waals surface area contributed by atoms with E-state index in [-0.39, 0.29) is 17.4 Å². The first-order valence-corrected chi connectivity index (χ1v) is 9.79. The smallest absolute Gasteiger partial charge is 0.230 e. The highest BCUT2D eigenvalue weighted by Crippen LogP contribution is 2.44. The Hall–Kier alpha value is -2.33. The average Bonchev–Trinajstić information content (AvgIpc) is 2.96. The molecular formula is C23H28N2O2. The molecule has 2 aromatic carbocycles. The van der Waals surface area contributed by atoms with E-state index in [1.165, 1.54) is 5.56 Å². The van der Waals surface area contributed by atoms with Gasteiger partial charge in [-0.3, -0.25) is 9.69 Å². The maximum atomic E-state index is 12.9. The molecule has 142 valence electrons. The first kappa shape index (κ1) is 18.1. The Morgan fingerprint density at radius 3 is 2.52 bits per heavy atom. The lowest BCUT2D eigenvalue weighted by atomic mass is 9.81. The number of methoxy groups -OCH3 is 1. The Kier molecular flexibility index (Phi) is 4.92. The molecule has 2 heterocycles. The Morgan fingerprint density at radius 2 is 1.81 bits per heavy atom. The molecule has 0 saturated carbocycles. The molecule has 1 atom stereocenters. The van der Waals surface area contributed by atoms with Crippen LogP contribution in [0.15, 0.2) is 54.6 Å². The molecule has 0 bridgehead atoms. The van der Waals surface area contributed by atoms with Crippen LogP contribution in [0.5, 0.6) is 5.75 Å². The summed E-state index contributed by atoms with van der Waals surface area (Å²) in [5.41, 5.74) is 2.45. The van der Waals surface area contributed by atoms with Crippen LogP contribution in [0.4, 0.5) is 0 Å². The van der Waals surface area contributed by atoms with Gasteiger partial charge in [0.15, 0.2) is 0 Å².